The summed E-state index contributed by atoms with van der Waals surface area (Å²) in [5, 5.41) is 3.13. The number of imide groups is 1. The molecule has 0 aliphatic carbocycles. The average molecular weight is 619 g/mol. The molecule has 2 aliphatic heterocycles. The second-order valence-corrected chi connectivity index (χ2v) is 13.1. The maximum Gasteiger partial charge on any atom is 0.308 e. The van der Waals surface area contributed by atoms with Crippen molar-refractivity contribution in [2.45, 2.75) is 29.7 Å². The van der Waals surface area contributed by atoms with Crippen LogP contribution in [-0.4, -0.2) is 41.6 Å². The van der Waals surface area contributed by atoms with Gasteiger partial charge in [-0.2, -0.15) is 0 Å². The molecule has 214 valence electrons. The molecule has 3 unspecified atom stereocenters. The Bertz CT molecular complexity index is 1750. The molecule has 0 saturated carbocycles. The number of aryl methyl sites for hydroxylation is 1. The van der Waals surface area contributed by atoms with E-state index in [1.807, 2.05) is 62.3 Å². The summed E-state index contributed by atoms with van der Waals surface area (Å²) in [5.41, 5.74) is 3.95. The highest BCUT2D eigenvalue weighted by molar-refractivity contribution is 8.00. The molecule has 42 heavy (non-hydrogen) atoms. The third-order valence-corrected chi connectivity index (χ3v) is 10.4. The van der Waals surface area contributed by atoms with Crippen molar-refractivity contribution in [2.24, 2.45) is 5.92 Å². The predicted molar refractivity (Wildman–Crippen MR) is 168 cm³/mol. The molecule has 1 saturated heterocycles. The van der Waals surface area contributed by atoms with E-state index in [-0.39, 0.29) is 29.1 Å². The van der Waals surface area contributed by atoms with Gasteiger partial charge in [-0.25, -0.2) is 4.90 Å². The second-order valence-electron chi connectivity index (χ2n) is 10.6. The normalized spacial score (nSPS) is 19.4. The average Bonchev–Trinajstić information content (AvgIpc) is 3.41. The van der Waals surface area contributed by atoms with Crippen molar-refractivity contribution >= 4 is 69.5 Å². The highest BCUT2D eigenvalue weighted by Crippen LogP contribution is 2.54. The molecular formula is C31H27ClN4O4S2. The Morgan fingerprint density at radius 3 is 2.24 bits per heavy atom. The Balaban J connectivity index is 1.41. The lowest BCUT2D eigenvalue weighted by atomic mass is 9.83. The fraction of sp³-hybridized carbons (Fsp3) is 0.226. The molecule has 1 N–H and O–H groups in total. The summed E-state index contributed by atoms with van der Waals surface area (Å²) in [6, 6.07) is 21.8. The van der Waals surface area contributed by atoms with E-state index in [0.29, 0.717) is 26.3 Å². The van der Waals surface area contributed by atoms with Crippen LogP contribution in [0.3, 0.4) is 0 Å². The van der Waals surface area contributed by atoms with Crippen molar-refractivity contribution < 1.29 is 14.4 Å². The van der Waals surface area contributed by atoms with Crippen LogP contribution in [-0.2, 0) is 20.9 Å². The summed E-state index contributed by atoms with van der Waals surface area (Å²) in [6.07, 6.45) is 0. The smallest absolute Gasteiger partial charge is 0.308 e. The van der Waals surface area contributed by atoms with Gasteiger partial charge in [0.05, 0.1) is 16.6 Å². The molecule has 0 bridgehead atoms. The van der Waals surface area contributed by atoms with Gasteiger partial charge in [-0.1, -0.05) is 64.5 Å². The minimum absolute atomic E-state index is 0.210. The molecule has 0 radical (unpaired) electrons. The third kappa shape index (κ3) is 5.04. The van der Waals surface area contributed by atoms with Gasteiger partial charge in [0, 0.05) is 41.3 Å². The number of carbonyl (C=O) groups is 3. The number of hydrogen-bond acceptors (Lipinski definition) is 7. The maximum atomic E-state index is 14.0. The van der Waals surface area contributed by atoms with Gasteiger partial charge in [0.1, 0.15) is 11.8 Å². The molecule has 3 aromatic carbocycles. The standard InChI is InChI=1S/C31H27ClN4O4S2/c1-17-4-10-20(11-5-17)33-23(37)16-35-30-27(42-31(35)40)24(18-6-12-21(13-7-18)34(2)3)25-26(41-30)29(39)36(28(25)38)22-14-8-19(32)9-15-22/h4-15,24-26H,16H2,1-3H3,(H,33,37). The lowest BCUT2D eigenvalue weighted by Gasteiger charge is -2.31. The SMILES string of the molecule is Cc1ccc(NC(=O)Cn2c3c(sc2=O)C(c2ccc(N(C)C)cc2)C2C(=O)N(c4ccc(Cl)cc4)C(=O)C2S3)cc1. The Hall–Kier alpha value is -3.86. The second kappa shape index (κ2) is 11.1. The van der Waals surface area contributed by atoms with Gasteiger partial charge in [0.2, 0.25) is 17.7 Å². The molecule has 3 amide bonds. The number of thiazole rings is 1. The van der Waals surface area contributed by atoms with Gasteiger partial charge in [-0.15, -0.1) is 0 Å². The third-order valence-electron chi connectivity index (χ3n) is 7.54. The monoisotopic (exact) mass is 618 g/mol. The summed E-state index contributed by atoms with van der Waals surface area (Å²) in [7, 11) is 3.88. The molecule has 2 aliphatic rings. The van der Waals surface area contributed by atoms with E-state index >= 15 is 0 Å². The topological polar surface area (TPSA) is 91.7 Å². The van der Waals surface area contributed by atoms with Gasteiger partial charge in [-0.05, 0) is 61.0 Å². The zero-order valence-corrected chi connectivity index (χ0v) is 25.4. The number of thioether (sulfide) groups is 1. The van der Waals surface area contributed by atoms with Gasteiger partial charge < -0.3 is 10.2 Å². The molecule has 0 spiro atoms. The van der Waals surface area contributed by atoms with Crippen LogP contribution in [0.1, 0.15) is 21.9 Å². The molecule has 1 aromatic heterocycles. The van der Waals surface area contributed by atoms with Crippen molar-refractivity contribution in [3.05, 3.63) is 103 Å². The van der Waals surface area contributed by atoms with E-state index in [9.17, 15) is 19.2 Å². The number of rotatable bonds is 6. The van der Waals surface area contributed by atoms with Crippen LogP contribution in [0, 0.1) is 12.8 Å². The van der Waals surface area contributed by atoms with Crippen LogP contribution in [0.5, 0.6) is 0 Å². The molecule has 6 rings (SSSR count). The molecule has 1 fully saturated rings. The van der Waals surface area contributed by atoms with Crippen LogP contribution < -0.4 is 20.0 Å². The number of carbonyl (C=O) groups excluding carboxylic acids is 3. The van der Waals surface area contributed by atoms with Gasteiger partial charge in [0.25, 0.3) is 0 Å². The Morgan fingerprint density at radius 1 is 0.929 bits per heavy atom. The first-order valence-electron chi connectivity index (χ1n) is 13.3. The van der Waals surface area contributed by atoms with Crippen molar-refractivity contribution in [3.63, 3.8) is 0 Å². The van der Waals surface area contributed by atoms with Crippen molar-refractivity contribution in [1.29, 1.82) is 0 Å². The number of hydrogen-bond donors (Lipinski definition) is 1. The molecule has 3 heterocycles. The zero-order valence-electron chi connectivity index (χ0n) is 23.0. The van der Waals surface area contributed by atoms with Gasteiger partial charge in [0.15, 0.2) is 0 Å². The summed E-state index contributed by atoms with van der Waals surface area (Å²) in [4.78, 5) is 57.8. The van der Waals surface area contributed by atoms with E-state index in [1.54, 1.807) is 36.4 Å². The molecular weight excluding hydrogens is 592 g/mol. The Kier molecular flexibility index (Phi) is 7.46. The van der Waals surface area contributed by atoms with Crippen LogP contribution >= 0.6 is 34.7 Å². The molecule has 3 atom stereocenters. The highest BCUT2D eigenvalue weighted by atomic mass is 35.5. The quantitative estimate of drug-likeness (QED) is 0.292. The number of aromatic nitrogens is 1. The minimum atomic E-state index is -0.764. The first-order chi connectivity index (χ1) is 20.1. The summed E-state index contributed by atoms with van der Waals surface area (Å²) < 4.78 is 1.42. The minimum Gasteiger partial charge on any atom is -0.378 e. The molecule has 8 nitrogen and oxygen atoms in total. The first-order valence-corrected chi connectivity index (χ1v) is 15.4. The number of fused-ring (bicyclic) bond motifs is 2. The van der Waals surface area contributed by atoms with E-state index < -0.39 is 17.1 Å². The van der Waals surface area contributed by atoms with Crippen molar-refractivity contribution in [2.75, 3.05) is 29.2 Å². The number of nitrogens with one attached hydrogen (secondary N) is 1. The van der Waals surface area contributed by atoms with E-state index in [0.717, 1.165) is 28.2 Å². The van der Waals surface area contributed by atoms with Crippen molar-refractivity contribution in [3.8, 4) is 0 Å². The highest BCUT2D eigenvalue weighted by Gasteiger charge is 2.56. The largest absolute Gasteiger partial charge is 0.378 e. The lowest BCUT2D eigenvalue weighted by molar-refractivity contribution is -0.122. The van der Waals surface area contributed by atoms with Crippen LogP contribution in [0.4, 0.5) is 17.1 Å². The summed E-state index contributed by atoms with van der Waals surface area (Å²) in [5.74, 6) is -2.28. The number of anilines is 3. The Labute approximate surface area is 255 Å². The van der Waals surface area contributed by atoms with E-state index in [4.69, 9.17) is 11.6 Å². The van der Waals surface area contributed by atoms with Crippen molar-refractivity contribution in [1.82, 2.24) is 4.57 Å². The maximum absolute atomic E-state index is 14.0. The Morgan fingerprint density at radius 2 is 1.60 bits per heavy atom. The van der Waals surface area contributed by atoms with Gasteiger partial charge in [-0.3, -0.25) is 23.7 Å². The number of amides is 3. The molecule has 4 aromatic rings. The first kappa shape index (κ1) is 28.3. The van der Waals surface area contributed by atoms with Crippen LogP contribution in [0.25, 0.3) is 0 Å². The predicted octanol–water partition coefficient (Wildman–Crippen LogP) is 5.37. The lowest BCUT2D eigenvalue weighted by Crippen LogP contribution is -2.33. The van der Waals surface area contributed by atoms with E-state index in [2.05, 4.69) is 5.32 Å². The number of nitrogens with zero attached hydrogens (tertiary/aromatic N) is 3. The fourth-order valence-corrected chi connectivity index (χ4v) is 8.32. The number of benzene rings is 3. The molecule has 11 heteroatoms. The van der Waals surface area contributed by atoms with Crippen LogP contribution in [0.2, 0.25) is 5.02 Å². The van der Waals surface area contributed by atoms with Crippen LogP contribution in [0.15, 0.2) is 82.6 Å². The summed E-state index contributed by atoms with van der Waals surface area (Å²) >= 11 is 8.29. The zero-order chi connectivity index (χ0) is 29.7. The van der Waals surface area contributed by atoms with Gasteiger partial charge >= 0.3 is 4.87 Å². The summed E-state index contributed by atoms with van der Waals surface area (Å²) in [6.45, 7) is 1.75. The fourth-order valence-electron chi connectivity index (χ4n) is 5.42. The van der Waals surface area contributed by atoms with E-state index in [1.165, 1.54) is 21.2 Å². The number of halogens is 1.